The van der Waals surface area contributed by atoms with E-state index in [1.807, 2.05) is 0 Å². The molecule has 5 heteroatoms. The van der Waals surface area contributed by atoms with Crippen LogP contribution < -0.4 is 5.32 Å². The minimum Gasteiger partial charge on any atom is -0.306 e. The summed E-state index contributed by atoms with van der Waals surface area (Å²) < 4.78 is 0. The van der Waals surface area contributed by atoms with E-state index in [1.54, 1.807) is 55.1 Å². The maximum Gasteiger partial charge on any atom is 0.261 e. The number of rotatable bonds is 4. The molecule has 2 rings (SSSR count). The van der Waals surface area contributed by atoms with Crippen molar-refractivity contribution >= 4 is 24.1 Å². The van der Waals surface area contributed by atoms with E-state index in [1.165, 1.54) is 6.08 Å². The lowest BCUT2D eigenvalue weighted by Gasteiger charge is -2.02. The Labute approximate surface area is 110 Å². The molecule has 0 unspecified atom stereocenters. The van der Waals surface area contributed by atoms with Crippen molar-refractivity contribution in [2.24, 2.45) is 0 Å². The normalized spacial score (nSPS) is 10.8. The highest BCUT2D eigenvalue weighted by Gasteiger charge is 2.10. The van der Waals surface area contributed by atoms with Crippen molar-refractivity contribution in [3.8, 4) is 0 Å². The van der Waals surface area contributed by atoms with Crippen molar-refractivity contribution in [3.05, 3.63) is 60.1 Å². The van der Waals surface area contributed by atoms with Gasteiger partial charge in [-0.1, -0.05) is 12.1 Å². The Morgan fingerprint density at radius 1 is 1.11 bits per heavy atom. The number of nitrogens with zero attached hydrogens (tertiary/aromatic N) is 2. The lowest BCUT2D eigenvalue weighted by Crippen LogP contribution is -2.16. The van der Waals surface area contributed by atoms with Crippen LogP contribution in [0.3, 0.4) is 0 Å². The molecule has 0 aliphatic carbocycles. The minimum atomic E-state index is -0.570. The Morgan fingerprint density at radius 2 is 1.84 bits per heavy atom. The molecule has 0 spiro atoms. The molecule has 0 aromatic carbocycles. The number of aromatic nitrogens is 2. The zero-order valence-corrected chi connectivity index (χ0v) is 9.91. The first-order valence-electron chi connectivity index (χ1n) is 5.53. The van der Waals surface area contributed by atoms with Crippen LogP contribution in [-0.4, -0.2) is 22.2 Å². The Balaban J connectivity index is 2.16. The third-order valence-corrected chi connectivity index (χ3v) is 2.24. The first-order chi connectivity index (χ1) is 9.29. The van der Waals surface area contributed by atoms with Gasteiger partial charge in [-0.2, -0.15) is 0 Å². The van der Waals surface area contributed by atoms with Crippen LogP contribution in [0.4, 0.5) is 5.82 Å². The SMILES string of the molecule is O=[C]/C(=C\c1ccccn1)C(=O)Nc1ccccn1. The van der Waals surface area contributed by atoms with E-state index < -0.39 is 5.91 Å². The summed E-state index contributed by atoms with van der Waals surface area (Å²) in [7, 11) is 0. The van der Waals surface area contributed by atoms with Gasteiger partial charge in [0, 0.05) is 12.4 Å². The van der Waals surface area contributed by atoms with Crippen molar-refractivity contribution in [2.45, 2.75) is 0 Å². The predicted molar refractivity (Wildman–Crippen MR) is 70.8 cm³/mol. The number of hydrogen-bond acceptors (Lipinski definition) is 4. The molecule has 0 aliphatic rings. The third-order valence-electron chi connectivity index (χ3n) is 2.24. The lowest BCUT2D eigenvalue weighted by molar-refractivity contribution is -0.112. The van der Waals surface area contributed by atoms with E-state index in [2.05, 4.69) is 15.3 Å². The van der Waals surface area contributed by atoms with Gasteiger partial charge in [0.1, 0.15) is 5.82 Å². The maximum absolute atomic E-state index is 11.8. The van der Waals surface area contributed by atoms with Gasteiger partial charge in [0.2, 0.25) is 6.29 Å². The largest absolute Gasteiger partial charge is 0.306 e. The highest BCUT2D eigenvalue weighted by atomic mass is 16.2. The van der Waals surface area contributed by atoms with Gasteiger partial charge >= 0.3 is 0 Å². The topological polar surface area (TPSA) is 72.0 Å². The zero-order chi connectivity index (χ0) is 13.5. The summed E-state index contributed by atoms with van der Waals surface area (Å²) in [5.74, 6) is -0.200. The molecule has 0 saturated carbocycles. The van der Waals surface area contributed by atoms with Crippen LogP contribution >= 0.6 is 0 Å². The Bertz CT molecular complexity index is 595. The Kier molecular flexibility index (Phi) is 4.12. The molecule has 0 fully saturated rings. The van der Waals surface area contributed by atoms with Crippen molar-refractivity contribution < 1.29 is 9.59 Å². The molecular weight excluding hydrogens is 242 g/mol. The van der Waals surface area contributed by atoms with Gasteiger partial charge in [-0.3, -0.25) is 14.6 Å². The van der Waals surface area contributed by atoms with E-state index in [0.717, 1.165) is 0 Å². The first kappa shape index (κ1) is 12.6. The standard InChI is InChI=1S/C14H10N3O2/c18-10-11(9-12-5-1-3-7-15-12)14(19)17-13-6-2-4-8-16-13/h1-9H,(H,16,17,19)/b11-9+. The fraction of sp³-hybridized carbons (Fsp3) is 0. The van der Waals surface area contributed by atoms with Gasteiger partial charge in [0.15, 0.2) is 0 Å². The quantitative estimate of drug-likeness (QED) is 0.509. The molecule has 2 aromatic heterocycles. The molecule has 1 N–H and O–H groups in total. The second-order valence-electron chi connectivity index (χ2n) is 3.58. The van der Waals surface area contributed by atoms with Crippen LogP contribution in [0.1, 0.15) is 5.69 Å². The zero-order valence-electron chi connectivity index (χ0n) is 9.91. The number of nitrogens with one attached hydrogen (secondary N) is 1. The minimum absolute atomic E-state index is 0.135. The smallest absolute Gasteiger partial charge is 0.261 e. The second kappa shape index (κ2) is 6.20. The van der Waals surface area contributed by atoms with Crippen LogP contribution in [-0.2, 0) is 9.59 Å². The van der Waals surface area contributed by atoms with Crippen LogP contribution in [0.25, 0.3) is 6.08 Å². The highest BCUT2D eigenvalue weighted by Crippen LogP contribution is 2.06. The molecule has 2 aromatic rings. The number of anilines is 1. The number of pyridine rings is 2. The summed E-state index contributed by atoms with van der Waals surface area (Å²) in [4.78, 5) is 30.6. The summed E-state index contributed by atoms with van der Waals surface area (Å²) in [5.41, 5.74) is 0.376. The second-order valence-corrected chi connectivity index (χ2v) is 3.58. The molecule has 5 nitrogen and oxygen atoms in total. The molecule has 0 bridgehead atoms. The summed E-state index contributed by atoms with van der Waals surface area (Å²) in [5, 5.41) is 2.50. The fourth-order valence-corrected chi connectivity index (χ4v) is 1.37. The summed E-state index contributed by atoms with van der Waals surface area (Å²) in [6.07, 6.45) is 6.09. The van der Waals surface area contributed by atoms with Gasteiger partial charge in [-0.15, -0.1) is 0 Å². The van der Waals surface area contributed by atoms with Crippen LogP contribution in [0.5, 0.6) is 0 Å². The molecule has 1 amide bonds. The van der Waals surface area contributed by atoms with Gasteiger partial charge in [-0.05, 0) is 30.3 Å². The lowest BCUT2D eigenvalue weighted by atomic mass is 10.2. The van der Waals surface area contributed by atoms with Gasteiger partial charge in [-0.25, -0.2) is 4.98 Å². The van der Waals surface area contributed by atoms with E-state index in [0.29, 0.717) is 11.5 Å². The molecule has 1 radical (unpaired) electrons. The number of carbonyl (C=O) groups is 1. The van der Waals surface area contributed by atoms with Crippen molar-refractivity contribution in [1.29, 1.82) is 0 Å². The van der Waals surface area contributed by atoms with Crippen LogP contribution in [0, 0.1) is 0 Å². The van der Waals surface area contributed by atoms with E-state index in [9.17, 15) is 9.59 Å². The molecular formula is C14H10N3O2. The Morgan fingerprint density at radius 3 is 2.42 bits per heavy atom. The molecule has 2 heterocycles. The highest BCUT2D eigenvalue weighted by molar-refractivity contribution is 6.19. The van der Waals surface area contributed by atoms with Crippen molar-refractivity contribution in [3.63, 3.8) is 0 Å². The van der Waals surface area contributed by atoms with Crippen molar-refractivity contribution in [2.75, 3.05) is 5.32 Å². The number of carbonyl (C=O) groups excluding carboxylic acids is 2. The molecule has 93 valence electrons. The number of hydrogen-bond donors (Lipinski definition) is 1. The maximum atomic E-state index is 11.8. The van der Waals surface area contributed by atoms with E-state index >= 15 is 0 Å². The van der Waals surface area contributed by atoms with Crippen LogP contribution in [0.2, 0.25) is 0 Å². The first-order valence-corrected chi connectivity index (χ1v) is 5.53. The van der Waals surface area contributed by atoms with E-state index in [4.69, 9.17) is 0 Å². The summed E-state index contributed by atoms with van der Waals surface area (Å²) in [6.45, 7) is 0. The molecule has 19 heavy (non-hydrogen) atoms. The Hall–Kier alpha value is -2.82. The van der Waals surface area contributed by atoms with Gasteiger partial charge < -0.3 is 5.32 Å². The summed E-state index contributed by atoms with van der Waals surface area (Å²) >= 11 is 0. The fourth-order valence-electron chi connectivity index (χ4n) is 1.37. The third kappa shape index (κ3) is 3.57. The van der Waals surface area contributed by atoms with E-state index in [-0.39, 0.29) is 5.57 Å². The average Bonchev–Trinajstić information content (AvgIpc) is 2.47. The summed E-state index contributed by atoms with van der Waals surface area (Å²) in [6, 6.07) is 10.3. The predicted octanol–water partition coefficient (Wildman–Crippen LogP) is 1.61. The van der Waals surface area contributed by atoms with Crippen molar-refractivity contribution in [1.82, 2.24) is 9.97 Å². The van der Waals surface area contributed by atoms with Gasteiger partial charge in [0.25, 0.3) is 5.91 Å². The monoisotopic (exact) mass is 252 g/mol. The van der Waals surface area contributed by atoms with Gasteiger partial charge in [0.05, 0.1) is 11.3 Å². The molecule has 0 atom stereocenters. The molecule has 0 saturated heterocycles. The average molecular weight is 252 g/mol. The number of amides is 1. The van der Waals surface area contributed by atoms with Crippen LogP contribution in [0.15, 0.2) is 54.4 Å². The molecule has 0 aliphatic heterocycles.